The van der Waals surface area contributed by atoms with Crippen molar-refractivity contribution in [3.8, 4) is 0 Å². The van der Waals surface area contributed by atoms with Crippen LogP contribution in [-0.2, 0) is 4.79 Å². The van der Waals surface area contributed by atoms with Gasteiger partial charge in [0.05, 0.1) is 6.04 Å². The van der Waals surface area contributed by atoms with E-state index in [1.54, 1.807) is 0 Å². The van der Waals surface area contributed by atoms with Crippen molar-refractivity contribution in [1.82, 2.24) is 4.90 Å². The van der Waals surface area contributed by atoms with Crippen molar-refractivity contribution in [2.45, 2.75) is 45.4 Å². The fourth-order valence-corrected chi connectivity index (χ4v) is 3.42. The number of nitrogens with two attached hydrogens (primary N) is 1. The van der Waals surface area contributed by atoms with E-state index in [2.05, 4.69) is 27.7 Å². The number of thioether (sulfide) groups is 1. The largest absolute Gasteiger partial charge is 0.339 e. The number of rotatable bonds is 4. The van der Waals surface area contributed by atoms with Crippen LogP contribution >= 0.6 is 11.8 Å². The molecule has 17 heavy (non-hydrogen) atoms. The fourth-order valence-electron chi connectivity index (χ4n) is 2.12. The lowest BCUT2D eigenvalue weighted by Gasteiger charge is -2.35. The summed E-state index contributed by atoms with van der Waals surface area (Å²) in [5, 5.41) is 0.568. The second-order valence-electron chi connectivity index (χ2n) is 5.67. The van der Waals surface area contributed by atoms with Gasteiger partial charge in [-0.3, -0.25) is 4.79 Å². The van der Waals surface area contributed by atoms with E-state index < -0.39 is 0 Å². The standard InChI is InChI=1S/C13H26N2OS/c1-9(2)7-11(14)13(16)15-5-6-17-12(8-15)10(3)4/h9-12H,5-8,14H2,1-4H3/t11-,12+/m0/s1. The molecular weight excluding hydrogens is 232 g/mol. The number of hydrogen-bond donors (Lipinski definition) is 1. The van der Waals surface area contributed by atoms with Crippen molar-refractivity contribution in [2.75, 3.05) is 18.8 Å². The number of amides is 1. The molecule has 0 unspecified atom stereocenters. The molecule has 0 aliphatic carbocycles. The van der Waals surface area contributed by atoms with Crippen LogP contribution in [0.4, 0.5) is 0 Å². The number of carbonyl (C=O) groups excluding carboxylic acids is 1. The van der Waals surface area contributed by atoms with E-state index in [4.69, 9.17) is 5.73 Å². The van der Waals surface area contributed by atoms with E-state index in [9.17, 15) is 4.79 Å². The highest BCUT2D eigenvalue weighted by molar-refractivity contribution is 8.00. The first-order valence-corrected chi connectivity index (χ1v) is 7.62. The van der Waals surface area contributed by atoms with E-state index >= 15 is 0 Å². The molecule has 0 spiro atoms. The Bertz CT molecular complexity index is 256. The maximum atomic E-state index is 12.2. The van der Waals surface area contributed by atoms with Gasteiger partial charge in [-0.25, -0.2) is 0 Å². The second-order valence-corrected chi connectivity index (χ2v) is 7.02. The minimum absolute atomic E-state index is 0.143. The van der Waals surface area contributed by atoms with Gasteiger partial charge in [0.15, 0.2) is 0 Å². The third kappa shape index (κ3) is 4.51. The molecule has 1 heterocycles. The molecule has 100 valence electrons. The lowest BCUT2D eigenvalue weighted by molar-refractivity contribution is -0.133. The summed E-state index contributed by atoms with van der Waals surface area (Å²) in [6.45, 7) is 10.4. The molecule has 2 atom stereocenters. The van der Waals surface area contributed by atoms with Gasteiger partial charge in [0.2, 0.25) is 5.91 Å². The number of hydrogen-bond acceptors (Lipinski definition) is 3. The van der Waals surface area contributed by atoms with Gasteiger partial charge in [0, 0.05) is 24.1 Å². The van der Waals surface area contributed by atoms with Gasteiger partial charge in [-0.2, -0.15) is 11.8 Å². The molecule has 3 nitrogen and oxygen atoms in total. The molecule has 1 saturated heterocycles. The highest BCUT2D eigenvalue weighted by Crippen LogP contribution is 2.25. The summed E-state index contributed by atoms with van der Waals surface area (Å²) in [6.07, 6.45) is 0.787. The summed E-state index contributed by atoms with van der Waals surface area (Å²) in [7, 11) is 0. The van der Waals surface area contributed by atoms with E-state index in [0.29, 0.717) is 17.1 Å². The van der Waals surface area contributed by atoms with E-state index in [-0.39, 0.29) is 11.9 Å². The summed E-state index contributed by atoms with van der Waals surface area (Å²) in [5.41, 5.74) is 5.97. The summed E-state index contributed by atoms with van der Waals surface area (Å²) < 4.78 is 0. The Labute approximate surface area is 109 Å². The minimum Gasteiger partial charge on any atom is -0.339 e. The normalized spacial score (nSPS) is 23.2. The van der Waals surface area contributed by atoms with Crippen LogP contribution in [0.1, 0.15) is 34.1 Å². The van der Waals surface area contributed by atoms with Crippen LogP contribution in [0.25, 0.3) is 0 Å². The maximum Gasteiger partial charge on any atom is 0.239 e. The first-order valence-electron chi connectivity index (χ1n) is 6.57. The zero-order chi connectivity index (χ0) is 13.0. The number of carbonyl (C=O) groups is 1. The Balaban J connectivity index is 2.51. The van der Waals surface area contributed by atoms with Gasteiger partial charge < -0.3 is 10.6 Å². The molecule has 0 aromatic carbocycles. The van der Waals surface area contributed by atoms with Crippen LogP contribution in [-0.4, -0.2) is 40.9 Å². The quantitative estimate of drug-likeness (QED) is 0.838. The summed E-state index contributed by atoms with van der Waals surface area (Å²) >= 11 is 1.98. The Morgan fingerprint density at radius 2 is 2.06 bits per heavy atom. The zero-order valence-corrected chi connectivity index (χ0v) is 12.3. The Morgan fingerprint density at radius 3 is 2.59 bits per heavy atom. The Morgan fingerprint density at radius 1 is 1.41 bits per heavy atom. The molecule has 0 radical (unpaired) electrons. The highest BCUT2D eigenvalue weighted by atomic mass is 32.2. The van der Waals surface area contributed by atoms with Crippen molar-refractivity contribution in [3.05, 3.63) is 0 Å². The molecule has 1 aliphatic heterocycles. The molecule has 1 amide bonds. The van der Waals surface area contributed by atoms with Crippen LogP contribution in [0, 0.1) is 11.8 Å². The lowest BCUT2D eigenvalue weighted by Crippen LogP contribution is -2.50. The molecule has 1 aliphatic rings. The maximum absolute atomic E-state index is 12.2. The van der Waals surface area contributed by atoms with E-state index in [0.717, 1.165) is 25.3 Å². The van der Waals surface area contributed by atoms with Crippen LogP contribution in [0.2, 0.25) is 0 Å². The molecule has 1 rings (SSSR count). The van der Waals surface area contributed by atoms with Crippen molar-refractivity contribution in [3.63, 3.8) is 0 Å². The van der Waals surface area contributed by atoms with Crippen molar-refractivity contribution in [2.24, 2.45) is 17.6 Å². The topological polar surface area (TPSA) is 46.3 Å². The predicted octanol–water partition coefficient (Wildman–Crippen LogP) is 1.96. The van der Waals surface area contributed by atoms with Gasteiger partial charge in [-0.05, 0) is 18.3 Å². The molecule has 0 saturated carbocycles. The van der Waals surface area contributed by atoms with Crippen LogP contribution in [0.5, 0.6) is 0 Å². The third-order valence-corrected chi connectivity index (χ3v) is 4.73. The first-order chi connectivity index (χ1) is 7.91. The van der Waals surface area contributed by atoms with Crippen LogP contribution in [0.3, 0.4) is 0 Å². The van der Waals surface area contributed by atoms with Gasteiger partial charge in [0.1, 0.15) is 0 Å². The smallest absolute Gasteiger partial charge is 0.239 e. The van der Waals surface area contributed by atoms with E-state index in [1.165, 1.54) is 0 Å². The number of nitrogens with zero attached hydrogens (tertiary/aromatic N) is 1. The first kappa shape index (κ1) is 14.8. The van der Waals surface area contributed by atoms with Crippen molar-refractivity contribution < 1.29 is 4.79 Å². The SMILES string of the molecule is CC(C)C[C@H](N)C(=O)N1CCS[C@@H](C(C)C)C1. The molecule has 2 N–H and O–H groups in total. The van der Waals surface area contributed by atoms with Gasteiger partial charge in [-0.1, -0.05) is 27.7 Å². The molecular formula is C13H26N2OS. The van der Waals surface area contributed by atoms with Gasteiger partial charge in [-0.15, -0.1) is 0 Å². The zero-order valence-electron chi connectivity index (χ0n) is 11.5. The fraction of sp³-hybridized carbons (Fsp3) is 0.923. The van der Waals surface area contributed by atoms with Crippen molar-refractivity contribution >= 4 is 17.7 Å². The minimum atomic E-state index is -0.314. The Kier molecular flexibility index (Phi) is 5.80. The van der Waals surface area contributed by atoms with Gasteiger partial charge in [0.25, 0.3) is 0 Å². The monoisotopic (exact) mass is 258 g/mol. The van der Waals surface area contributed by atoms with Crippen molar-refractivity contribution in [1.29, 1.82) is 0 Å². The second kappa shape index (κ2) is 6.64. The van der Waals surface area contributed by atoms with Crippen LogP contribution < -0.4 is 5.73 Å². The third-order valence-electron chi connectivity index (χ3n) is 3.19. The van der Waals surface area contributed by atoms with E-state index in [1.807, 2.05) is 16.7 Å². The average Bonchev–Trinajstić information content (AvgIpc) is 2.27. The van der Waals surface area contributed by atoms with Crippen LogP contribution in [0.15, 0.2) is 0 Å². The lowest BCUT2D eigenvalue weighted by atomic mass is 10.0. The molecule has 4 heteroatoms. The summed E-state index contributed by atoms with van der Waals surface area (Å²) in [4.78, 5) is 14.2. The Hall–Kier alpha value is -0.220. The molecule has 0 aromatic rings. The predicted molar refractivity (Wildman–Crippen MR) is 75.1 cm³/mol. The summed E-state index contributed by atoms with van der Waals surface area (Å²) in [5.74, 6) is 2.29. The summed E-state index contributed by atoms with van der Waals surface area (Å²) in [6, 6.07) is -0.314. The highest BCUT2D eigenvalue weighted by Gasteiger charge is 2.28. The molecule has 1 fully saturated rings. The average molecular weight is 258 g/mol. The molecule has 0 aromatic heterocycles. The van der Waals surface area contributed by atoms with Gasteiger partial charge >= 0.3 is 0 Å². The molecule has 0 bridgehead atoms.